The number of hydrogen-bond acceptors (Lipinski definition) is 4. The molecule has 1 atom stereocenters. The molecule has 1 unspecified atom stereocenters. The van der Waals surface area contributed by atoms with Gasteiger partial charge in [0.15, 0.2) is 0 Å². The number of nitrogens with zero attached hydrogens (tertiary/aromatic N) is 3. The Kier molecular flexibility index (Phi) is 6.54. The normalized spacial score (nSPS) is 17.4. The Morgan fingerprint density at radius 1 is 1.45 bits per heavy atom. The third-order valence-electron chi connectivity index (χ3n) is 3.78. The predicted octanol–water partition coefficient (Wildman–Crippen LogP) is 2.16. The third kappa shape index (κ3) is 4.63. The molecule has 0 aromatic carbocycles. The second kappa shape index (κ2) is 8.41. The standard InChI is InChI=1S/C15H27N5OS/c1-4-22-9-5-8-16-15(21)17-12-6-7-13-18-19-14(11(2)3)20(13)10-12/h11-12H,4-10H2,1-3H3,(H2,16,17,21). The molecule has 1 aliphatic heterocycles. The largest absolute Gasteiger partial charge is 0.338 e. The lowest BCUT2D eigenvalue weighted by molar-refractivity contribution is 0.232. The Morgan fingerprint density at radius 2 is 2.27 bits per heavy atom. The lowest BCUT2D eigenvalue weighted by Crippen LogP contribution is -2.46. The van der Waals surface area contributed by atoms with Crippen molar-refractivity contribution in [2.24, 2.45) is 0 Å². The minimum atomic E-state index is -0.0610. The minimum Gasteiger partial charge on any atom is -0.338 e. The van der Waals surface area contributed by atoms with Gasteiger partial charge >= 0.3 is 6.03 Å². The maximum atomic E-state index is 11.9. The number of fused-ring (bicyclic) bond motifs is 1. The molecule has 0 aliphatic carbocycles. The monoisotopic (exact) mass is 325 g/mol. The van der Waals surface area contributed by atoms with Crippen molar-refractivity contribution in [3.63, 3.8) is 0 Å². The van der Waals surface area contributed by atoms with E-state index in [1.807, 2.05) is 11.8 Å². The van der Waals surface area contributed by atoms with Gasteiger partial charge in [-0.1, -0.05) is 20.8 Å². The number of amides is 2. The molecule has 2 heterocycles. The summed E-state index contributed by atoms with van der Waals surface area (Å²) in [5.41, 5.74) is 0. The summed E-state index contributed by atoms with van der Waals surface area (Å²) >= 11 is 1.90. The Hall–Kier alpha value is -1.24. The van der Waals surface area contributed by atoms with Crippen molar-refractivity contribution in [3.05, 3.63) is 11.6 Å². The van der Waals surface area contributed by atoms with E-state index in [2.05, 4.69) is 46.2 Å². The average molecular weight is 325 g/mol. The molecule has 0 spiro atoms. The molecule has 1 aromatic heterocycles. The first-order chi connectivity index (χ1) is 10.6. The summed E-state index contributed by atoms with van der Waals surface area (Å²) in [7, 11) is 0. The van der Waals surface area contributed by atoms with E-state index in [0.717, 1.165) is 55.5 Å². The van der Waals surface area contributed by atoms with Gasteiger partial charge in [0.2, 0.25) is 0 Å². The highest BCUT2D eigenvalue weighted by Crippen LogP contribution is 2.19. The molecule has 6 nitrogen and oxygen atoms in total. The lowest BCUT2D eigenvalue weighted by Gasteiger charge is -2.26. The number of carbonyl (C=O) groups is 1. The predicted molar refractivity (Wildman–Crippen MR) is 90.4 cm³/mol. The summed E-state index contributed by atoms with van der Waals surface area (Å²) in [6.07, 6.45) is 2.82. The quantitative estimate of drug-likeness (QED) is 0.754. The fourth-order valence-electron chi connectivity index (χ4n) is 2.65. The van der Waals surface area contributed by atoms with Crippen LogP contribution in [-0.4, -0.2) is 44.9 Å². The number of rotatable bonds is 7. The van der Waals surface area contributed by atoms with E-state index >= 15 is 0 Å². The maximum absolute atomic E-state index is 11.9. The van der Waals surface area contributed by atoms with Crippen LogP contribution in [0.25, 0.3) is 0 Å². The van der Waals surface area contributed by atoms with E-state index in [1.54, 1.807) is 0 Å². The molecule has 1 aliphatic rings. The number of aryl methyl sites for hydroxylation is 1. The van der Waals surface area contributed by atoms with Crippen LogP contribution in [0.1, 0.15) is 51.2 Å². The van der Waals surface area contributed by atoms with E-state index in [1.165, 1.54) is 0 Å². The maximum Gasteiger partial charge on any atom is 0.315 e. The Labute approximate surface area is 136 Å². The fraction of sp³-hybridized carbons (Fsp3) is 0.800. The fourth-order valence-corrected chi connectivity index (χ4v) is 3.29. The van der Waals surface area contributed by atoms with Crippen LogP contribution in [0.15, 0.2) is 0 Å². The van der Waals surface area contributed by atoms with Crippen LogP contribution in [0.4, 0.5) is 4.79 Å². The van der Waals surface area contributed by atoms with Crippen LogP contribution in [0.3, 0.4) is 0 Å². The summed E-state index contributed by atoms with van der Waals surface area (Å²) < 4.78 is 2.16. The van der Waals surface area contributed by atoms with Crippen LogP contribution >= 0.6 is 11.8 Å². The second-order valence-electron chi connectivity index (χ2n) is 5.93. The molecule has 0 fully saturated rings. The number of urea groups is 1. The van der Waals surface area contributed by atoms with Gasteiger partial charge in [-0.2, -0.15) is 11.8 Å². The van der Waals surface area contributed by atoms with Gasteiger partial charge in [-0.05, 0) is 24.3 Å². The molecule has 1 aromatic rings. The Morgan fingerprint density at radius 3 is 3.00 bits per heavy atom. The zero-order chi connectivity index (χ0) is 15.9. The van der Waals surface area contributed by atoms with Gasteiger partial charge in [0, 0.05) is 31.5 Å². The summed E-state index contributed by atoms with van der Waals surface area (Å²) in [6.45, 7) is 7.90. The van der Waals surface area contributed by atoms with Crippen LogP contribution in [0, 0.1) is 0 Å². The van der Waals surface area contributed by atoms with Gasteiger partial charge < -0.3 is 15.2 Å². The number of aromatic nitrogens is 3. The third-order valence-corrected chi connectivity index (χ3v) is 4.77. The highest BCUT2D eigenvalue weighted by molar-refractivity contribution is 7.99. The lowest BCUT2D eigenvalue weighted by atomic mass is 10.1. The zero-order valence-electron chi connectivity index (χ0n) is 13.8. The van der Waals surface area contributed by atoms with E-state index in [-0.39, 0.29) is 12.1 Å². The zero-order valence-corrected chi connectivity index (χ0v) is 14.6. The van der Waals surface area contributed by atoms with Gasteiger partial charge in [0.25, 0.3) is 0 Å². The molecule has 0 bridgehead atoms. The summed E-state index contributed by atoms with van der Waals surface area (Å²) in [6, 6.07) is 0.0973. The number of carbonyl (C=O) groups excluding carboxylic acids is 1. The van der Waals surface area contributed by atoms with Crippen LogP contribution in [0.2, 0.25) is 0 Å². The highest BCUT2D eigenvalue weighted by Gasteiger charge is 2.24. The molecular formula is C15H27N5OS. The summed E-state index contributed by atoms with van der Waals surface area (Å²) in [4.78, 5) is 11.9. The van der Waals surface area contributed by atoms with Gasteiger partial charge in [-0.25, -0.2) is 4.79 Å². The molecule has 22 heavy (non-hydrogen) atoms. The average Bonchev–Trinajstić information content (AvgIpc) is 2.90. The topological polar surface area (TPSA) is 71.8 Å². The van der Waals surface area contributed by atoms with Gasteiger partial charge in [0.05, 0.1) is 0 Å². The summed E-state index contributed by atoms with van der Waals surface area (Å²) in [5, 5.41) is 14.5. The number of hydrogen-bond donors (Lipinski definition) is 2. The van der Waals surface area contributed by atoms with E-state index < -0.39 is 0 Å². The van der Waals surface area contributed by atoms with Gasteiger partial charge in [0.1, 0.15) is 11.6 Å². The molecule has 124 valence electrons. The molecular weight excluding hydrogens is 298 g/mol. The first kappa shape index (κ1) is 17.1. The van der Waals surface area contributed by atoms with E-state index in [0.29, 0.717) is 5.92 Å². The molecule has 2 amide bonds. The number of thioether (sulfide) groups is 1. The van der Waals surface area contributed by atoms with Crippen molar-refractivity contribution in [1.29, 1.82) is 0 Å². The highest BCUT2D eigenvalue weighted by atomic mass is 32.2. The van der Waals surface area contributed by atoms with Crippen molar-refractivity contribution in [2.75, 3.05) is 18.1 Å². The first-order valence-electron chi connectivity index (χ1n) is 8.15. The smallest absolute Gasteiger partial charge is 0.315 e. The summed E-state index contributed by atoms with van der Waals surface area (Å²) in [5.74, 6) is 4.64. The molecule has 0 saturated carbocycles. The van der Waals surface area contributed by atoms with E-state index in [9.17, 15) is 4.79 Å². The molecule has 2 N–H and O–H groups in total. The van der Waals surface area contributed by atoms with E-state index in [4.69, 9.17) is 0 Å². The molecule has 7 heteroatoms. The van der Waals surface area contributed by atoms with Crippen LogP contribution in [-0.2, 0) is 13.0 Å². The van der Waals surface area contributed by atoms with Crippen LogP contribution in [0.5, 0.6) is 0 Å². The molecule has 2 rings (SSSR count). The van der Waals surface area contributed by atoms with Crippen LogP contribution < -0.4 is 10.6 Å². The van der Waals surface area contributed by atoms with Crippen molar-refractivity contribution in [3.8, 4) is 0 Å². The van der Waals surface area contributed by atoms with Crippen molar-refractivity contribution in [1.82, 2.24) is 25.4 Å². The van der Waals surface area contributed by atoms with Gasteiger partial charge in [-0.3, -0.25) is 0 Å². The molecule has 0 radical (unpaired) electrons. The van der Waals surface area contributed by atoms with Gasteiger partial charge in [-0.15, -0.1) is 10.2 Å². The second-order valence-corrected chi connectivity index (χ2v) is 7.32. The SMILES string of the molecule is CCSCCCNC(=O)NC1CCc2nnc(C(C)C)n2C1. The Bertz CT molecular complexity index is 488. The number of nitrogens with one attached hydrogen (secondary N) is 2. The first-order valence-corrected chi connectivity index (χ1v) is 9.31. The minimum absolute atomic E-state index is 0.0610. The molecule has 0 saturated heterocycles. The van der Waals surface area contributed by atoms with Crippen molar-refractivity contribution in [2.45, 2.75) is 58.5 Å². The Balaban J connectivity index is 1.77. The van der Waals surface area contributed by atoms with Crippen molar-refractivity contribution < 1.29 is 4.79 Å². The van der Waals surface area contributed by atoms with Crippen molar-refractivity contribution >= 4 is 17.8 Å².